The van der Waals surface area contributed by atoms with E-state index in [9.17, 15) is 14.7 Å². The highest BCUT2D eigenvalue weighted by Crippen LogP contribution is 2.43. The Balaban J connectivity index is 2.09. The number of nitrogens with zero attached hydrogens (tertiary/aromatic N) is 1. The number of hydrogen-bond donors (Lipinski definition) is 2. The molecule has 1 rings (SSSR count). The SMILES string of the molecule is O=[N+]([O-])c1ccccc1OCCCCCCCCP(=O)(CO)CO. The molecule has 8 heteroatoms. The second-order valence-electron chi connectivity index (χ2n) is 5.76. The minimum absolute atomic E-state index is 0.0188. The van der Waals surface area contributed by atoms with Crippen LogP contribution >= 0.6 is 7.14 Å². The summed E-state index contributed by atoms with van der Waals surface area (Å²) in [6.45, 7) is 0.440. The van der Waals surface area contributed by atoms with Crippen LogP contribution in [0.3, 0.4) is 0 Å². The number of ether oxygens (including phenoxy) is 1. The van der Waals surface area contributed by atoms with Gasteiger partial charge in [0.15, 0.2) is 5.75 Å². The van der Waals surface area contributed by atoms with Crippen molar-refractivity contribution in [2.24, 2.45) is 0 Å². The van der Waals surface area contributed by atoms with Gasteiger partial charge in [0.05, 0.1) is 24.2 Å². The third-order valence-corrected chi connectivity index (χ3v) is 5.96. The Kier molecular flexibility index (Phi) is 9.60. The van der Waals surface area contributed by atoms with E-state index in [0.29, 0.717) is 18.5 Å². The van der Waals surface area contributed by atoms with Crippen molar-refractivity contribution in [1.82, 2.24) is 0 Å². The van der Waals surface area contributed by atoms with Crippen LogP contribution in [0, 0.1) is 10.1 Å². The van der Waals surface area contributed by atoms with Gasteiger partial charge in [0.2, 0.25) is 0 Å². The number of nitro groups is 1. The van der Waals surface area contributed by atoms with Crippen molar-refractivity contribution in [2.75, 3.05) is 25.5 Å². The Morgan fingerprint density at radius 1 is 1.00 bits per heavy atom. The maximum Gasteiger partial charge on any atom is 0.310 e. The van der Waals surface area contributed by atoms with Crippen LogP contribution in [0.1, 0.15) is 38.5 Å². The van der Waals surface area contributed by atoms with Crippen LogP contribution in [0.15, 0.2) is 24.3 Å². The molecule has 7 nitrogen and oxygen atoms in total. The Bertz CT molecular complexity index is 543. The monoisotopic (exact) mass is 359 g/mol. The van der Waals surface area contributed by atoms with Gasteiger partial charge in [-0.15, -0.1) is 0 Å². The van der Waals surface area contributed by atoms with Crippen LogP contribution in [-0.2, 0) is 4.57 Å². The minimum Gasteiger partial charge on any atom is -0.487 e. The quantitative estimate of drug-likeness (QED) is 0.241. The van der Waals surface area contributed by atoms with E-state index in [1.807, 2.05) is 0 Å². The lowest BCUT2D eigenvalue weighted by Gasteiger charge is -2.11. The maximum absolute atomic E-state index is 11.8. The fraction of sp³-hybridized carbons (Fsp3) is 0.625. The van der Waals surface area contributed by atoms with Crippen molar-refractivity contribution >= 4 is 12.8 Å². The summed E-state index contributed by atoms with van der Waals surface area (Å²) in [5.41, 5.74) is -0.0188. The Morgan fingerprint density at radius 3 is 2.21 bits per heavy atom. The van der Waals surface area contributed by atoms with E-state index in [2.05, 4.69) is 0 Å². The molecule has 0 atom stereocenters. The van der Waals surface area contributed by atoms with Gasteiger partial charge in [-0.25, -0.2) is 0 Å². The van der Waals surface area contributed by atoms with Crippen LogP contribution < -0.4 is 4.74 Å². The first-order chi connectivity index (χ1) is 11.5. The Labute approximate surface area is 142 Å². The Morgan fingerprint density at radius 2 is 1.58 bits per heavy atom. The summed E-state index contributed by atoms with van der Waals surface area (Å²) < 4.78 is 17.2. The van der Waals surface area contributed by atoms with Crippen molar-refractivity contribution in [2.45, 2.75) is 38.5 Å². The molecule has 0 aromatic heterocycles. The maximum atomic E-state index is 11.8. The largest absolute Gasteiger partial charge is 0.487 e. The number of unbranched alkanes of at least 4 members (excludes halogenated alkanes) is 5. The van der Waals surface area contributed by atoms with Gasteiger partial charge >= 0.3 is 5.69 Å². The van der Waals surface area contributed by atoms with E-state index in [1.54, 1.807) is 18.2 Å². The minimum atomic E-state index is -2.76. The molecule has 0 fully saturated rings. The van der Waals surface area contributed by atoms with Crippen molar-refractivity contribution < 1.29 is 24.4 Å². The number of aliphatic hydroxyl groups excluding tert-OH is 2. The van der Waals surface area contributed by atoms with E-state index < -0.39 is 24.8 Å². The van der Waals surface area contributed by atoms with Gasteiger partial charge in [0, 0.05) is 12.2 Å². The van der Waals surface area contributed by atoms with Crippen LogP contribution in [0.5, 0.6) is 5.75 Å². The topological polar surface area (TPSA) is 110 Å². The van der Waals surface area contributed by atoms with Crippen LogP contribution in [0.25, 0.3) is 0 Å². The third kappa shape index (κ3) is 7.43. The summed E-state index contributed by atoms with van der Waals surface area (Å²) in [6.07, 6.45) is 4.96. The van der Waals surface area contributed by atoms with Crippen molar-refractivity contribution in [3.63, 3.8) is 0 Å². The summed E-state index contributed by atoms with van der Waals surface area (Å²) in [7, 11) is -2.76. The number of para-hydroxylation sites is 2. The summed E-state index contributed by atoms with van der Waals surface area (Å²) in [6, 6.07) is 6.34. The van der Waals surface area contributed by atoms with Gasteiger partial charge in [-0.2, -0.15) is 0 Å². The van der Waals surface area contributed by atoms with E-state index in [1.165, 1.54) is 6.07 Å². The molecule has 2 N–H and O–H groups in total. The number of nitro benzene ring substituents is 1. The van der Waals surface area contributed by atoms with Crippen molar-refractivity contribution in [1.29, 1.82) is 0 Å². The molecule has 0 saturated heterocycles. The van der Waals surface area contributed by atoms with Crippen LogP contribution in [0.2, 0.25) is 0 Å². The average Bonchev–Trinajstić information content (AvgIpc) is 2.60. The average molecular weight is 359 g/mol. The van der Waals surface area contributed by atoms with Gasteiger partial charge in [-0.3, -0.25) is 10.1 Å². The summed E-state index contributed by atoms with van der Waals surface area (Å²) >= 11 is 0. The van der Waals surface area contributed by atoms with Crippen molar-refractivity contribution in [3.05, 3.63) is 34.4 Å². The van der Waals surface area contributed by atoms with Gasteiger partial charge in [0.1, 0.15) is 7.14 Å². The molecule has 0 bridgehead atoms. The molecule has 0 heterocycles. The van der Waals surface area contributed by atoms with Gasteiger partial charge in [-0.05, 0) is 18.9 Å². The zero-order valence-electron chi connectivity index (χ0n) is 13.8. The van der Waals surface area contributed by atoms with E-state index >= 15 is 0 Å². The highest BCUT2D eigenvalue weighted by atomic mass is 31.2. The molecule has 1 aromatic rings. The highest BCUT2D eigenvalue weighted by molar-refractivity contribution is 7.63. The molecular formula is C16H26NO6P. The van der Waals surface area contributed by atoms with Gasteiger partial charge in [-0.1, -0.05) is 37.8 Å². The first-order valence-electron chi connectivity index (χ1n) is 8.17. The predicted molar refractivity (Wildman–Crippen MR) is 92.9 cm³/mol. The van der Waals surface area contributed by atoms with Crippen molar-refractivity contribution in [3.8, 4) is 5.75 Å². The molecule has 1 aromatic carbocycles. The zero-order chi connectivity index (χ0) is 17.8. The van der Waals surface area contributed by atoms with E-state index in [-0.39, 0.29) is 5.69 Å². The molecule has 0 saturated carbocycles. The van der Waals surface area contributed by atoms with E-state index in [0.717, 1.165) is 38.5 Å². The lowest BCUT2D eigenvalue weighted by atomic mass is 10.1. The number of hydrogen-bond acceptors (Lipinski definition) is 6. The van der Waals surface area contributed by atoms with E-state index in [4.69, 9.17) is 14.9 Å². The molecule has 0 aliphatic rings. The van der Waals surface area contributed by atoms with Gasteiger partial charge < -0.3 is 19.5 Å². The first-order valence-corrected chi connectivity index (χ1v) is 10.4. The molecule has 0 amide bonds. The lowest BCUT2D eigenvalue weighted by molar-refractivity contribution is -0.385. The second kappa shape index (κ2) is 11.2. The number of rotatable bonds is 13. The number of aliphatic hydroxyl groups is 2. The summed E-state index contributed by atoms with van der Waals surface area (Å²) in [5.74, 6) is 0.297. The second-order valence-corrected chi connectivity index (χ2v) is 8.89. The fourth-order valence-electron chi connectivity index (χ4n) is 2.31. The molecule has 0 unspecified atom stereocenters. The molecule has 0 aliphatic carbocycles. The standard InChI is InChI=1S/C16H26NO6P/c18-13-24(22,14-19)12-8-4-2-1-3-7-11-23-16-10-6-5-9-15(16)17(20)21/h5-6,9-10,18-19H,1-4,7-8,11-14H2. The van der Waals surface area contributed by atoms with Crippen LogP contribution in [-0.4, -0.2) is 40.6 Å². The smallest absolute Gasteiger partial charge is 0.310 e. The summed E-state index contributed by atoms with van der Waals surface area (Å²) in [4.78, 5) is 10.4. The molecule has 0 radical (unpaired) electrons. The molecule has 136 valence electrons. The molecule has 0 aliphatic heterocycles. The normalized spacial score (nSPS) is 11.4. The third-order valence-electron chi connectivity index (χ3n) is 3.79. The lowest BCUT2D eigenvalue weighted by Crippen LogP contribution is -2.01. The predicted octanol–water partition coefficient (Wildman–Crippen LogP) is 3.58. The highest BCUT2D eigenvalue weighted by Gasteiger charge is 2.18. The van der Waals surface area contributed by atoms with Gasteiger partial charge in [0.25, 0.3) is 0 Å². The number of benzene rings is 1. The molecule has 24 heavy (non-hydrogen) atoms. The summed E-state index contributed by atoms with van der Waals surface area (Å²) in [5, 5.41) is 28.8. The fourth-order valence-corrected chi connectivity index (χ4v) is 3.48. The molecule has 0 spiro atoms. The molecular weight excluding hydrogens is 333 g/mol. The zero-order valence-corrected chi connectivity index (χ0v) is 14.7. The van der Waals surface area contributed by atoms with Crippen LogP contribution in [0.4, 0.5) is 5.69 Å². The first kappa shape index (κ1) is 20.6. The Hall–Kier alpha value is -1.43.